The van der Waals surface area contributed by atoms with Gasteiger partial charge in [0.05, 0.1) is 16.7 Å². The maximum atomic E-state index is 12.8. The van der Waals surface area contributed by atoms with Crippen LogP contribution in [0, 0.1) is 24.0 Å². The largest absolute Gasteiger partial charge is 0.457 e. The highest BCUT2D eigenvalue weighted by atomic mass is 19.4. The fraction of sp³-hybridized carbons (Fsp3) is 0.200. The number of aryl methyl sites for hydroxylation is 3. The molecule has 1 amide bonds. The van der Waals surface area contributed by atoms with E-state index in [1.165, 1.54) is 19.2 Å². The Bertz CT molecular complexity index is 1170. The van der Waals surface area contributed by atoms with Crippen molar-refractivity contribution in [2.24, 2.45) is 7.05 Å². The van der Waals surface area contributed by atoms with E-state index in [0.717, 1.165) is 21.9 Å². The number of nitrogens with one attached hydrogen (secondary N) is 1. The van der Waals surface area contributed by atoms with Crippen LogP contribution < -0.4 is 10.1 Å². The number of aromatic nitrogens is 2. The highest BCUT2D eigenvalue weighted by Crippen LogP contribution is 2.32. The molecule has 162 valence electrons. The van der Waals surface area contributed by atoms with E-state index in [9.17, 15) is 28.1 Å². The number of hydrogen-bond acceptors (Lipinski definition) is 5. The van der Waals surface area contributed by atoms with Crippen LogP contribution in [0.4, 0.5) is 24.5 Å². The van der Waals surface area contributed by atoms with E-state index in [1.54, 1.807) is 13.0 Å². The maximum absolute atomic E-state index is 12.8. The van der Waals surface area contributed by atoms with Crippen LogP contribution in [0.5, 0.6) is 11.5 Å². The van der Waals surface area contributed by atoms with Crippen LogP contribution in [0.1, 0.15) is 27.3 Å². The van der Waals surface area contributed by atoms with Crippen molar-refractivity contribution in [3.8, 4) is 11.5 Å². The van der Waals surface area contributed by atoms with Gasteiger partial charge in [-0.05, 0) is 31.0 Å². The summed E-state index contributed by atoms with van der Waals surface area (Å²) >= 11 is 0. The zero-order valence-electron chi connectivity index (χ0n) is 16.6. The summed E-state index contributed by atoms with van der Waals surface area (Å²) in [6.45, 7) is 3.66. The molecule has 0 unspecified atom stereocenters. The fourth-order valence-corrected chi connectivity index (χ4v) is 2.78. The van der Waals surface area contributed by atoms with Crippen LogP contribution in [-0.2, 0) is 13.2 Å². The van der Waals surface area contributed by atoms with Crippen LogP contribution in [0.15, 0.2) is 42.5 Å². The lowest BCUT2D eigenvalue weighted by Gasteiger charge is -2.12. The number of alkyl halides is 3. The molecule has 0 radical (unpaired) electrons. The van der Waals surface area contributed by atoms with Crippen molar-refractivity contribution in [2.45, 2.75) is 20.0 Å². The van der Waals surface area contributed by atoms with E-state index in [4.69, 9.17) is 4.74 Å². The molecule has 0 atom stereocenters. The molecule has 0 aliphatic rings. The molecule has 0 bridgehead atoms. The summed E-state index contributed by atoms with van der Waals surface area (Å²) in [4.78, 5) is 23.1. The molecule has 2 aromatic carbocycles. The summed E-state index contributed by atoms with van der Waals surface area (Å²) in [7, 11) is 1.19. The third kappa shape index (κ3) is 5.00. The molecule has 1 heterocycles. The number of ether oxygens (including phenoxy) is 1. The van der Waals surface area contributed by atoms with Crippen LogP contribution in [0.2, 0.25) is 0 Å². The Balaban J connectivity index is 1.92. The molecule has 3 aromatic rings. The molecule has 1 N–H and O–H groups in total. The molecule has 0 saturated carbocycles. The Morgan fingerprint density at radius 3 is 2.48 bits per heavy atom. The van der Waals surface area contributed by atoms with Crippen molar-refractivity contribution >= 4 is 17.3 Å². The van der Waals surface area contributed by atoms with Gasteiger partial charge in [-0.1, -0.05) is 12.1 Å². The topological polar surface area (TPSA) is 99.3 Å². The fourth-order valence-electron chi connectivity index (χ4n) is 2.78. The predicted molar refractivity (Wildman–Crippen MR) is 105 cm³/mol. The minimum Gasteiger partial charge on any atom is -0.457 e. The zero-order valence-corrected chi connectivity index (χ0v) is 16.6. The van der Waals surface area contributed by atoms with E-state index < -0.39 is 22.7 Å². The number of hydrogen-bond donors (Lipinski definition) is 1. The van der Waals surface area contributed by atoms with Crippen molar-refractivity contribution in [1.29, 1.82) is 0 Å². The van der Waals surface area contributed by atoms with Crippen LogP contribution in [0.3, 0.4) is 0 Å². The number of benzene rings is 2. The Kier molecular flexibility index (Phi) is 5.69. The lowest BCUT2D eigenvalue weighted by Crippen LogP contribution is -2.16. The molecule has 31 heavy (non-hydrogen) atoms. The molecule has 0 saturated heterocycles. The second-order valence-electron chi connectivity index (χ2n) is 6.83. The van der Waals surface area contributed by atoms with Crippen molar-refractivity contribution in [3.63, 3.8) is 0 Å². The summed E-state index contributed by atoms with van der Waals surface area (Å²) in [6, 6.07) is 9.66. The number of carbonyl (C=O) groups excluding carboxylic acids is 1. The molecule has 0 spiro atoms. The lowest BCUT2D eigenvalue weighted by atomic mass is 10.1. The number of carbonyl (C=O) groups is 1. The molecule has 11 heteroatoms. The van der Waals surface area contributed by atoms with Gasteiger partial charge in [-0.2, -0.15) is 18.3 Å². The first kappa shape index (κ1) is 21.8. The van der Waals surface area contributed by atoms with Crippen molar-refractivity contribution in [1.82, 2.24) is 9.78 Å². The van der Waals surface area contributed by atoms with Gasteiger partial charge in [0.2, 0.25) is 0 Å². The number of amides is 1. The summed E-state index contributed by atoms with van der Waals surface area (Å²) in [5.41, 5.74) is -0.268. The number of halogens is 3. The lowest BCUT2D eigenvalue weighted by molar-refractivity contribution is -0.384. The highest BCUT2D eigenvalue weighted by Gasteiger charge is 2.35. The first-order valence-corrected chi connectivity index (χ1v) is 8.91. The molecule has 8 nitrogen and oxygen atoms in total. The van der Waals surface area contributed by atoms with Crippen molar-refractivity contribution in [3.05, 3.63) is 75.1 Å². The number of rotatable bonds is 5. The second kappa shape index (κ2) is 8.09. The molecular formula is C20H17F3N4O4. The summed E-state index contributed by atoms with van der Waals surface area (Å²) in [5, 5.41) is 16.9. The minimum absolute atomic E-state index is 0.0192. The molecule has 3 rings (SSSR count). The van der Waals surface area contributed by atoms with E-state index in [-0.39, 0.29) is 22.8 Å². The highest BCUT2D eigenvalue weighted by molar-refractivity contribution is 6.03. The minimum atomic E-state index is -4.71. The third-order valence-corrected chi connectivity index (χ3v) is 4.33. The van der Waals surface area contributed by atoms with Gasteiger partial charge in [0.1, 0.15) is 17.2 Å². The SMILES string of the molecule is Cc1ccc(C)c(Oc2cc(NC(=O)c3cc(C(F)(F)F)nn3C)cc([N+](=O)[O-])c2)c1. The number of anilines is 1. The first-order valence-electron chi connectivity index (χ1n) is 8.91. The molecule has 0 aliphatic carbocycles. The van der Waals surface area contributed by atoms with Gasteiger partial charge in [-0.3, -0.25) is 19.6 Å². The average Bonchev–Trinajstić information content (AvgIpc) is 3.07. The normalized spacial score (nSPS) is 11.3. The number of nitro benzene ring substituents is 1. The van der Waals surface area contributed by atoms with Gasteiger partial charge in [-0.25, -0.2) is 0 Å². The molecule has 1 aromatic heterocycles. The smallest absolute Gasteiger partial charge is 0.435 e. The average molecular weight is 434 g/mol. The number of nitro groups is 1. The van der Waals surface area contributed by atoms with Gasteiger partial charge < -0.3 is 10.1 Å². The number of non-ortho nitro benzene ring substituents is 1. The zero-order chi connectivity index (χ0) is 22.9. The Labute approximate surface area is 174 Å². The van der Waals surface area contributed by atoms with Gasteiger partial charge >= 0.3 is 6.18 Å². The Hall–Kier alpha value is -3.89. The van der Waals surface area contributed by atoms with Crippen LogP contribution >= 0.6 is 0 Å². The van der Waals surface area contributed by atoms with Gasteiger partial charge in [0.25, 0.3) is 11.6 Å². The van der Waals surface area contributed by atoms with Crippen LogP contribution in [-0.4, -0.2) is 20.6 Å². The monoisotopic (exact) mass is 434 g/mol. The molecule has 0 fully saturated rings. The van der Waals surface area contributed by atoms with Crippen molar-refractivity contribution in [2.75, 3.05) is 5.32 Å². The van der Waals surface area contributed by atoms with Gasteiger partial charge in [0.15, 0.2) is 5.69 Å². The third-order valence-electron chi connectivity index (χ3n) is 4.33. The maximum Gasteiger partial charge on any atom is 0.435 e. The first-order chi connectivity index (χ1) is 14.4. The van der Waals surface area contributed by atoms with Gasteiger partial charge in [0, 0.05) is 25.2 Å². The van der Waals surface area contributed by atoms with Crippen LogP contribution in [0.25, 0.3) is 0 Å². The van der Waals surface area contributed by atoms with E-state index >= 15 is 0 Å². The standard InChI is InChI=1S/C20H17F3N4O4/c1-11-4-5-12(2)17(6-11)31-15-8-13(7-14(9-15)27(29)30)24-19(28)16-10-18(20(21,22)23)25-26(16)3/h4-10H,1-3H3,(H,24,28). The predicted octanol–water partition coefficient (Wildman–Crippen LogP) is 5.01. The van der Waals surface area contributed by atoms with Crippen molar-refractivity contribution < 1.29 is 27.6 Å². The van der Waals surface area contributed by atoms with Gasteiger partial charge in [-0.15, -0.1) is 0 Å². The summed E-state index contributed by atoms with van der Waals surface area (Å²) < 4.78 is 45.0. The molecular weight excluding hydrogens is 417 g/mol. The summed E-state index contributed by atoms with van der Waals surface area (Å²) in [5.74, 6) is -0.359. The summed E-state index contributed by atoms with van der Waals surface area (Å²) in [6.07, 6.45) is -4.71. The van der Waals surface area contributed by atoms with E-state index in [2.05, 4.69) is 10.4 Å². The number of nitrogens with zero attached hydrogens (tertiary/aromatic N) is 3. The quantitative estimate of drug-likeness (QED) is 0.450. The Morgan fingerprint density at radius 2 is 1.87 bits per heavy atom. The second-order valence-corrected chi connectivity index (χ2v) is 6.83. The van der Waals surface area contributed by atoms with E-state index in [0.29, 0.717) is 11.8 Å². The molecule has 0 aliphatic heterocycles. The van der Waals surface area contributed by atoms with E-state index in [1.807, 2.05) is 19.1 Å². The Morgan fingerprint density at radius 1 is 1.16 bits per heavy atom.